The van der Waals surface area contributed by atoms with Crippen molar-refractivity contribution < 1.29 is 9.90 Å². The molecule has 0 fully saturated rings. The molecule has 5 N–H and O–H groups in total. The smallest absolute Gasteiger partial charge is 0.317 e. The predicted molar refractivity (Wildman–Crippen MR) is 37.7 cm³/mol. The van der Waals surface area contributed by atoms with Crippen LogP contribution >= 0.6 is 9.90 Å². The fourth-order valence-electron chi connectivity index (χ4n) is 0.151. The molecule has 0 saturated heterocycles. The zero-order valence-corrected chi connectivity index (χ0v) is 6.39. The monoisotopic (exact) mass is 140 g/mol. The Morgan fingerprint density at radius 3 is 2.12 bits per heavy atom. The summed E-state index contributed by atoms with van der Waals surface area (Å²) in [6.07, 6.45) is 0. The summed E-state index contributed by atoms with van der Waals surface area (Å²) in [5.74, 6) is -0.822. The maximum Gasteiger partial charge on any atom is 0.317 e. The molecule has 4 nitrogen and oxygen atoms in total. The van der Waals surface area contributed by atoms with Crippen molar-refractivity contribution in [2.45, 2.75) is 0 Å². The summed E-state index contributed by atoms with van der Waals surface area (Å²) in [6.45, 7) is 0.0417. The fraction of sp³-hybridized carbons (Fsp3) is 0.667. The van der Waals surface area contributed by atoms with Crippen LogP contribution in [-0.2, 0) is 4.79 Å². The van der Waals surface area contributed by atoms with Gasteiger partial charge in [0.05, 0.1) is 6.54 Å². The van der Waals surface area contributed by atoms with E-state index >= 15 is 0 Å². The number of carboxylic acid groups (broad SMARTS) is 1. The minimum atomic E-state index is -0.822. The molecular weight excluding hydrogens is 127 g/mol. The van der Waals surface area contributed by atoms with Gasteiger partial charge in [0.25, 0.3) is 0 Å². The summed E-state index contributed by atoms with van der Waals surface area (Å²) in [5, 5.41) is 10.3. The van der Waals surface area contributed by atoms with Crippen LogP contribution in [0.3, 0.4) is 0 Å². The second-order valence-corrected chi connectivity index (χ2v) is 0.924. The van der Waals surface area contributed by atoms with Crippen LogP contribution in [0.2, 0.25) is 0 Å². The van der Waals surface area contributed by atoms with Gasteiger partial charge in [-0.2, -0.15) is 9.90 Å². The topological polar surface area (TPSA) is 84.3 Å². The molecule has 0 rings (SSSR count). The highest BCUT2D eigenvalue weighted by Gasteiger charge is 1.86. The Kier molecular flexibility index (Phi) is 19.5. The average Bonchev–Trinajstić information content (AvgIpc) is 1.35. The maximum atomic E-state index is 9.54. The lowest BCUT2D eigenvalue weighted by atomic mass is 10.7. The van der Waals surface area contributed by atoms with E-state index in [0.717, 1.165) is 0 Å². The molecule has 1 unspecified atom stereocenters. The molecule has 5 heteroatoms. The quantitative estimate of drug-likeness (QED) is 0.452. The number of hydrogen-bond donors (Lipinski definition) is 3. The lowest BCUT2D eigenvalue weighted by Gasteiger charge is -1.84. The fourth-order valence-corrected chi connectivity index (χ4v) is 0.151. The molecule has 0 radical (unpaired) electrons. The molecule has 0 heterocycles. The molecule has 0 aromatic carbocycles. The van der Waals surface area contributed by atoms with Crippen molar-refractivity contribution in [1.29, 1.82) is 0 Å². The summed E-state index contributed by atoms with van der Waals surface area (Å²) in [5.41, 5.74) is 0. The van der Waals surface area contributed by atoms with E-state index in [1.54, 1.807) is 7.05 Å². The Hall–Kier alpha value is -0.180. The molecule has 0 aliphatic heterocycles. The summed E-state index contributed by atoms with van der Waals surface area (Å²) in [7, 11) is 1.59. The Morgan fingerprint density at radius 2 is 2.12 bits per heavy atom. The van der Waals surface area contributed by atoms with Crippen molar-refractivity contribution in [3.05, 3.63) is 0 Å². The molecule has 52 valence electrons. The van der Waals surface area contributed by atoms with Crippen LogP contribution in [-0.4, -0.2) is 24.7 Å². The molecule has 8 heavy (non-hydrogen) atoms. The van der Waals surface area contributed by atoms with E-state index < -0.39 is 5.97 Å². The number of likely N-dealkylation sites (N-methyl/N-ethyl adjacent to an activating group) is 1. The van der Waals surface area contributed by atoms with Gasteiger partial charge in [0.1, 0.15) is 0 Å². The lowest BCUT2D eigenvalue weighted by molar-refractivity contribution is -0.135. The summed E-state index contributed by atoms with van der Waals surface area (Å²) >= 11 is 0. The molecule has 1 atom stereocenters. The molecule has 0 spiro atoms. The van der Waals surface area contributed by atoms with E-state index in [9.17, 15) is 4.79 Å². The molecule has 0 amide bonds. The van der Waals surface area contributed by atoms with Gasteiger partial charge in [-0.15, -0.1) is 0 Å². The number of carbonyl (C=O) groups is 1. The number of nitrogens with one attached hydrogen (secondary N) is 1. The third-order valence-electron chi connectivity index (χ3n) is 0.328. The van der Waals surface area contributed by atoms with Crippen LogP contribution in [0.4, 0.5) is 0 Å². The van der Waals surface area contributed by atoms with Crippen molar-refractivity contribution in [2.24, 2.45) is 0 Å². The average molecular weight is 140 g/mol. The number of carboxylic acids is 1. The molecular formula is C3H13N2O2P. The van der Waals surface area contributed by atoms with Crippen LogP contribution in [0.15, 0.2) is 0 Å². The predicted octanol–water partition coefficient (Wildman–Crippen LogP) is -0.490. The first kappa shape index (κ1) is 15.7. The van der Waals surface area contributed by atoms with Crippen LogP contribution in [0.5, 0.6) is 0 Å². The van der Waals surface area contributed by atoms with Crippen molar-refractivity contribution >= 4 is 15.9 Å². The third-order valence-corrected chi connectivity index (χ3v) is 0.328. The molecule has 0 aliphatic carbocycles. The highest BCUT2D eigenvalue weighted by atomic mass is 31.0. The minimum Gasteiger partial charge on any atom is -0.480 e. The van der Waals surface area contributed by atoms with Gasteiger partial charge in [-0.3, -0.25) is 4.79 Å². The molecule has 0 bridgehead atoms. The molecule has 0 saturated carbocycles. The van der Waals surface area contributed by atoms with Crippen molar-refractivity contribution in [2.75, 3.05) is 13.6 Å². The summed E-state index contributed by atoms with van der Waals surface area (Å²) in [6, 6.07) is 0. The van der Waals surface area contributed by atoms with E-state index in [2.05, 4.69) is 5.32 Å². The van der Waals surface area contributed by atoms with E-state index in [0.29, 0.717) is 0 Å². The maximum absolute atomic E-state index is 9.54. The first-order valence-corrected chi connectivity index (χ1v) is 1.63. The first-order chi connectivity index (χ1) is 2.77. The van der Waals surface area contributed by atoms with Crippen molar-refractivity contribution in [3.8, 4) is 0 Å². The lowest BCUT2D eigenvalue weighted by Crippen LogP contribution is -2.16. The van der Waals surface area contributed by atoms with Gasteiger partial charge in [0, 0.05) is 0 Å². The summed E-state index contributed by atoms with van der Waals surface area (Å²) < 4.78 is 0. The van der Waals surface area contributed by atoms with Crippen molar-refractivity contribution in [3.63, 3.8) is 0 Å². The van der Waals surface area contributed by atoms with E-state index in [-0.39, 0.29) is 22.6 Å². The largest absolute Gasteiger partial charge is 0.480 e. The Morgan fingerprint density at radius 1 is 1.75 bits per heavy atom. The highest BCUT2D eigenvalue weighted by Crippen LogP contribution is 1.50. The zero-order chi connectivity index (χ0) is 4.99. The van der Waals surface area contributed by atoms with Gasteiger partial charge < -0.3 is 16.6 Å². The van der Waals surface area contributed by atoms with Gasteiger partial charge in [0.15, 0.2) is 0 Å². The van der Waals surface area contributed by atoms with E-state index in [1.165, 1.54) is 0 Å². The standard InChI is InChI=1S/C3H7NO2.H3N.H3P/c1-4-2-3(5)6;;/h4H,2H2,1H3,(H,5,6);2*1H3. The van der Waals surface area contributed by atoms with Gasteiger partial charge >= 0.3 is 5.97 Å². The second-order valence-electron chi connectivity index (χ2n) is 0.924. The van der Waals surface area contributed by atoms with Crippen LogP contribution in [0.1, 0.15) is 0 Å². The SMILES string of the molecule is CNCC(=O)O.N.P. The minimum absolute atomic E-state index is 0. The van der Waals surface area contributed by atoms with Gasteiger partial charge in [-0.1, -0.05) is 0 Å². The molecule has 0 aromatic rings. The van der Waals surface area contributed by atoms with Gasteiger partial charge in [0.2, 0.25) is 0 Å². The summed E-state index contributed by atoms with van der Waals surface area (Å²) in [4.78, 5) is 9.54. The van der Waals surface area contributed by atoms with Crippen molar-refractivity contribution in [1.82, 2.24) is 11.5 Å². The van der Waals surface area contributed by atoms with Gasteiger partial charge in [-0.25, -0.2) is 0 Å². The first-order valence-electron chi connectivity index (χ1n) is 1.63. The van der Waals surface area contributed by atoms with E-state index in [4.69, 9.17) is 5.11 Å². The number of aliphatic carboxylic acids is 1. The van der Waals surface area contributed by atoms with Crippen LogP contribution in [0, 0.1) is 0 Å². The Labute approximate surface area is 51.9 Å². The number of hydrogen-bond acceptors (Lipinski definition) is 3. The van der Waals surface area contributed by atoms with E-state index in [1.807, 2.05) is 0 Å². The van der Waals surface area contributed by atoms with Gasteiger partial charge in [-0.05, 0) is 7.05 Å². The highest BCUT2D eigenvalue weighted by molar-refractivity contribution is 6.92. The van der Waals surface area contributed by atoms with Crippen LogP contribution < -0.4 is 11.5 Å². The Balaban J connectivity index is -0.000000125. The third kappa shape index (κ3) is 17.0. The number of rotatable bonds is 2. The normalized spacial score (nSPS) is 6.12. The Bertz CT molecular complexity index is 59.2. The molecule has 0 aliphatic rings. The second kappa shape index (κ2) is 9.94. The molecule has 0 aromatic heterocycles. The van der Waals surface area contributed by atoms with Crippen LogP contribution in [0.25, 0.3) is 0 Å². The zero-order valence-electron chi connectivity index (χ0n) is 4.98.